The van der Waals surface area contributed by atoms with Gasteiger partial charge in [0.1, 0.15) is 17.1 Å². The standard InChI is InChI=1S/C24H34N4O3.HI/c1-5-25-23(27-15-24(4,30)21-12-16(2)31-17(21)3)26-14-18-8-6-11-20(13-18)28-22(29)19-9-7-10-19;/h6,8,11-13,19,30H,5,7,9-10,14-15H2,1-4H3,(H,28,29)(H2,25,26,27);1H. The van der Waals surface area contributed by atoms with Crippen molar-refractivity contribution in [3.05, 3.63) is 53.0 Å². The highest BCUT2D eigenvalue weighted by molar-refractivity contribution is 14.0. The fraction of sp³-hybridized carbons (Fsp3) is 0.500. The zero-order valence-corrected chi connectivity index (χ0v) is 21.7. The monoisotopic (exact) mass is 554 g/mol. The first-order valence-electron chi connectivity index (χ1n) is 11.0. The molecule has 0 aliphatic heterocycles. The van der Waals surface area contributed by atoms with Crippen LogP contribution in [0.5, 0.6) is 0 Å². The molecule has 8 heteroatoms. The first-order valence-corrected chi connectivity index (χ1v) is 11.0. The van der Waals surface area contributed by atoms with Crippen molar-refractivity contribution in [3.8, 4) is 0 Å². The van der Waals surface area contributed by atoms with Crippen LogP contribution in [0.4, 0.5) is 5.69 Å². The average Bonchev–Trinajstić information content (AvgIpc) is 3.02. The number of carbonyl (C=O) groups excluding carboxylic acids is 1. The number of carbonyl (C=O) groups is 1. The van der Waals surface area contributed by atoms with Gasteiger partial charge in [0.05, 0.1) is 13.1 Å². The summed E-state index contributed by atoms with van der Waals surface area (Å²) in [6.45, 7) is 8.92. The molecule has 7 nitrogen and oxygen atoms in total. The Kier molecular flexibility index (Phi) is 9.57. The van der Waals surface area contributed by atoms with Gasteiger partial charge >= 0.3 is 0 Å². The molecule has 1 saturated carbocycles. The van der Waals surface area contributed by atoms with Crippen molar-refractivity contribution in [2.24, 2.45) is 10.9 Å². The van der Waals surface area contributed by atoms with Gasteiger partial charge in [-0.1, -0.05) is 18.6 Å². The molecule has 0 spiro atoms. The van der Waals surface area contributed by atoms with Crippen LogP contribution in [0.15, 0.2) is 39.7 Å². The van der Waals surface area contributed by atoms with E-state index < -0.39 is 5.60 Å². The Morgan fingerprint density at radius 3 is 2.59 bits per heavy atom. The molecule has 176 valence electrons. The molecule has 1 aromatic carbocycles. The average molecular weight is 554 g/mol. The molecule has 1 aliphatic rings. The van der Waals surface area contributed by atoms with E-state index >= 15 is 0 Å². The fourth-order valence-corrected chi connectivity index (χ4v) is 3.69. The summed E-state index contributed by atoms with van der Waals surface area (Å²) in [5.74, 6) is 2.37. The van der Waals surface area contributed by atoms with E-state index in [9.17, 15) is 9.90 Å². The lowest BCUT2D eigenvalue weighted by atomic mass is 9.85. The highest BCUT2D eigenvalue weighted by Gasteiger charge is 2.28. The SMILES string of the molecule is CCNC(=NCc1cccc(NC(=O)C2CCC2)c1)NCC(C)(O)c1cc(C)oc1C.I. The normalized spacial score (nSPS) is 15.8. The number of benzene rings is 1. The summed E-state index contributed by atoms with van der Waals surface area (Å²) < 4.78 is 5.56. The second-order valence-corrected chi connectivity index (χ2v) is 8.47. The van der Waals surface area contributed by atoms with E-state index in [1.165, 1.54) is 0 Å². The molecule has 1 unspecified atom stereocenters. The van der Waals surface area contributed by atoms with E-state index in [1.807, 2.05) is 51.1 Å². The Morgan fingerprint density at radius 2 is 2.00 bits per heavy atom. The number of anilines is 1. The van der Waals surface area contributed by atoms with Gasteiger partial charge in [-0.05, 0) is 64.3 Å². The van der Waals surface area contributed by atoms with Crippen LogP contribution in [0.3, 0.4) is 0 Å². The number of nitrogens with one attached hydrogen (secondary N) is 3. The largest absolute Gasteiger partial charge is 0.466 e. The lowest BCUT2D eigenvalue weighted by Gasteiger charge is -2.24. The van der Waals surface area contributed by atoms with Crippen LogP contribution in [0.1, 0.15) is 55.8 Å². The number of rotatable bonds is 8. The second-order valence-electron chi connectivity index (χ2n) is 8.47. The van der Waals surface area contributed by atoms with E-state index in [4.69, 9.17) is 4.42 Å². The van der Waals surface area contributed by atoms with Gasteiger partial charge in [-0.2, -0.15) is 0 Å². The fourth-order valence-electron chi connectivity index (χ4n) is 3.69. The number of nitrogens with zero attached hydrogens (tertiary/aromatic N) is 1. The quantitative estimate of drug-likeness (QED) is 0.223. The summed E-state index contributed by atoms with van der Waals surface area (Å²) in [4.78, 5) is 16.8. The molecule has 1 atom stereocenters. The summed E-state index contributed by atoms with van der Waals surface area (Å²) >= 11 is 0. The third kappa shape index (κ3) is 6.96. The molecule has 32 heavy (non-hydrogen) atoms. The molecular formula is C24H35IN4O3. The predicted molar refractivity (Wildman–Crippen MR) is 138 cm³/mol. The number of aliphatic imine (C=N–C) groups is 1. The smallest absolute Gasteiger partial charge is 0.227 e. The van der Waals surface area contributed by atoms with Crippen molar-refractivity contribution in [3.63, 3.8) is 0 Å². The van der Waals surface area contributed by atoms with Crippen molar-refractivity contribution in [2.75, 3.05) is 18.4 Å². The highest BCUT2D eigenvalue weighted by Crippen LogP contribution is 2.28. The molecule has 0 bridgehead atoms. The van der Waals surface area contributed by atoms with Crippen LogP contribution >= 0.6 is 24.0 Å². The van der Waals surface area contributed by atoms with Crippen LogP contribution in [-0.2, 0) is 16.9 Å². The van der Waals surface area contributed by atoms with E-state index in [2.05, 4.69) is 20.9 Å². The third-order valence-corrected chi connectivity index (χ3v) is 5.66. The molecule has 0 radical (unpaired) electrons. The first-order chi connectivity index (χ1) is 14.8. The maximum Gasteiger partial charge on any atom is 0.227 e. The molecule has 0 saturated heterocycles. The summed E-state index contributed by atoms with van der Waals surface area (Å²) in [6.07, 6.45) is 3.10. The Morgan fingerprint density at radius 1 is 1.25 bits per heavy atom. The van der Waals surface area contributed by atoms with Crippen molar-refractivity contribution >= 4 is 41.5 Å². The van der Waals surface area contributed by atoms with Gasteiger partial charge < -0.3 is 25.5 Å². The van der Waals surface area contributed by atoms with E-state index in [-0.39, 0.29) is 42.3 Å². The third-order valence-electron chi connectivity index (χ3n) is 5.66. The highest BCUT2D eigenvalue weighted by atomic mass is 127. The minimum atomic E-state index is -1.09. The van der Waals surface area contributed by atoms with Crippen molar-refractivity contribution in [2.45, 2.75) is 59.1 Å². The number of hydrogen-bond acceptors (Lipinski definition) is 4. The molecule has 1 aromatic heterocycles. The molecular weight excluding hydrogens is 519 g/mol. The molecule has 1 aliphatic carbocycles. The number of aliphatic hydroxyl groups is 1. The summed E-state index contributed by atoms with van der Waals surface area (Å²) in [5.41, 5.74) is 1.47. The lowest BCUT2D eigenvalue weighted by Crippen LogP contribution is -2.44. The number of hydrogen-bond donors (Lipinski definition) is 4. The second kappa shape index (κ2) is 11.7. The molecule has 3 rings (SSSR count). The van der Waals surface area contributed by atoms with Crippen molar-refractivity contribution < 1.29 is 14.3 Å². The summed E-state index contributed by atoms with van der Waals surface area (Å²) in [7, 11) is 0. The molecule has 4 N–H and O–H groups in total. The van der Waals surface area contributed by atoms with Crippen LogP contribution in [0, 0.1) is 19.8 Å². The van der Waals surface area contributed by atoms with E-state index in [0.29, 0.717) is 24.8 Å². The van der Waals surface area contributed by atoms with Crippen molar-refractivity contribution in [1.82, 2.24) is 10.6 Å². The van der Waals surface area contributed by atoms with Gasteiger partial charge in [0.2, 0.25) is 5.91 Å². The van der Waals surface area contributed by atoms with Crippen LogP contribution < -0.4 is 16.0 Å². The van der Waals surface area contributed by atoms with Crippen molar-refractivity contribution in [1.29, 1.82) is 0 Å². The zero-order valence-electron chi connectivity index (χ0n) is 19.3. The minimum Gasteiger partial charge on any atom is -0.466 e. The van der Waals surface area contributed by atoms with Gasteiger partial charge in [-0.3, -0.25) is 4.79 Å². The maximum absolute atomic E-state index is 12.2. The maximum atomic E-state index is 12.2. The first kappa shape index (κ1) is 26.2. The van der Waals surface area contributed by atoms with Crippen LogP contribution in [0.2, 0.25) is 0 Å². The minimum absolute atomic E-state index is 0. The lowest BCUT2D eigenvalue weighted by molar-refractivity contribution is -0.122. The van der Waals surface area contributed by atoms with Crippen LogP contribution in [-0.4, -0.2) is 30.1 Å². The molecule has 1 heterocycles. The predicted octanol–water partition coefficient (Wildman–Crippen LogP) is 4.22. The molecule has 2 aromatic rings. The van der Waals surface area contributed by atoms with Crippen LogP contribution in [0.25, 0.3) is 0 Å². The number of furan rings is 1. The Bertz CT molecular complexity index is 935. The topological polar surface area (TPSA) is 98.9 Å². The number of amides is 1. The van der Waals surface area contributed by atoms with Gasteiger partial charge in [-0.15, -0.1) is 24.0 Å². The molecule has 1 fully saturated rings. The van der Waals surface area contributed by atoms with Gasteiger partial charge in [0.15, 0.2) is 5.96 Å². The number of halogens is 1. The Balaban J connectivity index is 0.00000363. The van der Waals surface area contributed by atoms with E-state index in [1.54, 1.807) is 6.92 Å². The van der Waals surface area contributed by atoms with Gasteiger partial charge in [0, 0.05) is 23.7 Å². The number of aryl methyl sites for hydroxylation is 2. The Hall–Kier alpha value is -2.07. The number of guanidine groups is 1. The van der Waals surface area contributed by atoms with Gasteiger partial charge in [-0.25, -0.2) is 4.99 Å². The summed E-state index contributed by atoms with van der Waals surface area (Å²) in [5, 5.41) is 20.4. The Labute approximate surface area is 207 Å². The van der Waals surface area contributed by atoms with Gasteiger partial charge in [0.25, 0.3) is 0 Å². The zero-order chi connectivity index (χ0) is 22.4. The van der Waals surface area contributed by atoms with E-state index in [0.717, 1.165) is 41.8 Å². The summed E-state index contributed by atoms with van der Waals surface area (Å²) in [6, 6.07) is 9.64. The molecule has 1 amide bonds.